The van der Waals surface area contributed by atoms with Gasteiger partial charge in [-0.25, -0.2) is 9.97 Å². The molecule has 3 aromatic rings. The average Bonchev–Trinajstić information content (AvgIpc) is 3.24. The fourth-order valence-electron chi connectivity index (χ4n) is 3.38. The molecule has 3 aromatic heterocycles. The molecule has 1 unspecified atom stereocenters. The van der Waals surface area contributed by atoms with Crippen LogP contribution in [0.25, 0.3) is 11.5 Å². The fourth-order valence-corrected chi connectivity index (χ4v) is 3.38. The van der Waals surface area contributed by atoms with Gasteiger partial charge < -0.3 is 9.88 Å². The van der Waals surface area contributed by atoms with E-state index in [1.807, 2.05) is 11.1 Å². The lowest BCUT2D eigenvalue weighted by Gasteiger charge is -2.32. The van der Waals surface area contributed by atoms with Crippen molar-refractivity contribution in [2.45, 2.75) is 19.3 Å². The molecule has 0 bridgehead atoms. The first-order chi connectivity index (χ1) is 12.8. The SMILES string of the molecule is O=C(c1ccncc1)N1CCCC(Cc2cnc(-c3ncc[nH]3)cn2)C1. The quantitative estimate of drug-likeness (QED) is 0.782. The van der Waals surface area contributed by atoms with Crippen molar-refractivity contribution in [3.05, 3.63) is 60.6 Å². The van der Waals surface area contributed by atoms with Gasteiger partial charge in [0.25, 0.3) is 5.91 Å². The third-order valence-electron chi connectivity index (χ3n) is 4.68. The van der Waals surface area contributed by atoms with E-state index in [2.05, 4.69) is 24.9 Å². The molecule has 0 saturated carbocycles. The molecule has 0 radical (unpaired) electrons. The zero-order valence-electron chi connectivity index (χ0n) is 14.4. The van der Waals surface area contributed by atoms with E-state index in [1.54, 1.807) is 43.1 Å². The zero-order chi connectivity index (χ0) is 17.8. The Kier molecular flexibility index (Phi) is 4.68. The molecule has 7 nitrogen and oxygen atoms in total. The van der Waals surface area contributed by atoms with Crippen LogP contribution in [0.5, 0.6) is 0 Å². The Labute approximate surface area is 151 Å². The van der Waals surface area contributed by atoms with Gasteiger partial charge in [-0.05, 0) is 37.3 Å². The lowest BCUT2D eigenvalue weighted by Crippen LogP contribution is -2.40. The van der Waals surface area contributed by atoms with Gasteiger partial charge in [0.15, 0.2) is 5.82 Å². The normalized spacial score (nSPS) is 17.2. The second kappa shape index (κ2) is 7.43. The van der Waals surface area contributed by atoms with Crippen LogP contribution in [0.4, 0.5) is 0 Å². The van der Waals surface area contributed by atoms with Gasteiger partial charge in [0.1, 0.15) is 5.69 Å². The number of carbonyl (C=O) groups excluding carboxylic acids is 1. The number of aromatic nitrogens is 5. The molecule has 7 heteroatoms. The summed E-state index contributed by atoms with van der Waals surface area (Å²) in [6, 6.07) is 3.54. The first-order valence-electron chi connectivity index (χ1n) is 8.79. The zero-order valence-corrected chi connectivity index (χ0v) is 14.4. The van der Waals surface area contributed by atoms with Gasteiger partial charge >= 0.3 is 0 Å². The van der Waals surface area contributed by atoms with Crippen LogP contribution in [-0.4, -0.2) is 48.8 Å². The lowest BCUT2D eigenvalue weighted by molar-refractivity contribution is 0.0672. The van der Waals surface area contributed by atoms with Crippen molar-refractivity contribution in [3.63, 3.8) is 0 Å². The highest BCUT2D eigenvalue weighted by molar-refractivity contribution is 5.94. The van der Waals surface area contributed by atoms with Gasteiger partial charge in [-0.1, -0.05) is 0 Å². The number of nitrogens with zero attached hydrogens (tertiary/aromatic N) is 5. The summed E-state index contributed by atoms with van der Waals surface area (Å²) in [6.45, 7) is 1.56. The van der Waals surface area contributed by atoms with Gasteiger partial charge in [-0.2, -0.15) is 0 Å². The largest absolute Gasteiger partial charge is 0.343 e. The van der Waals surface area contributed by atoms with Crippen LogP contribution < -0.4 is 0 Å². The van der Waals surface area contributed by atoms with Crippen molar-refractivity contribution in [1.82, 2.24) is 29.8 Å². The summed E-state index contributed by atoms with van der Waals surface area (Å²) in [6.07, 6.45) is 13.3. The van der Waals surface area contributed by atoms with E-state index < -0.39 is 0 Å². The highest BCUT2D eigenvalue weighted by atomic mass is 16.2. The van der Waals surface area contributed by atoms with E-state index in [9.17, 15) is 4.79 Å². The first-order valence-corrected chi connectivity index (χ1v) is 8.79. The molecule has 132 valence electrons. The molecule has 1 saturated heterocycles. The Bertz CT molecular complexity index is 848. The number of likely N-dealkylation sites (tertiary alicyclic amines) is 1. The summed E-state index contributed by atoms with van der Waals surface area (Å²) < 4.78 is 0. The Morgan fingerprint density at radius 3 is 2.77 bits per heavy atom. The number of hydrogen-bond donors (Lipinski definition) is 1. The van der Waals surface area contributed by atoms with Crippen molar-refractivity contribution in [2.75, 3.05) is 13.1 Å². The third kappa shape index (κ3) is 3.61. The monoisotopic (exact) mass is 348 g/mol. The number of imidazole rings is 1. The van der Waals surface area contributed by atoms with Crippen LogP contribution >= 0.6 is 0 Å². The van der Waals surface area contributed by atoms with Crippen molar-refractivity contribution in [2.24, 2.45) is 5.92 Å². The average molecular weight is 348 g/mol. The van der Waals surface area contributed by atoms with Crippen molar-refractivity contribution in [1.29, 1.82) is 0 Å². The van der Waals surface area contributed by atoms with E-state index >= 15 is 0 Å². The van der Waals surface area contributed by atoms with Crippen molar-refractivity contribution in [3.8, 4) is 11.5 Å². The number of pyridine rings is 1. The van der Waals surface area contributed by atoms with Crippen LogP contribution in [0.1, 0.15) is 28.9 Å². The molecule has 1 fully saturated rings. The maximum absolute atomic E-state index is 12.6. The highest BCUT2D eigenvalue weighted by Gasteiger charge is 2.25. The molecule has 0 aliphatic carbocycles. The molecule has 1 N–H and O–H groups in total. The number of aromatic amines is 1. The van der Waals surface area contributed by atoms with Crippen LogP contribution in [0, 0.1) is 5.92 Å². The van der Waals surface area contributed by atoms with Gasteiger partial charge in [-0.15, -0.1) is 0 Å². The second-order valence-corrected chi connectivity index (χ2v) is 6.53. The maximum Gasteiger partial charge on any atom is 0.253 e. The van der Waals surface area contributed by atoms with E-state index in [-0.39, 0.29) is 5.91 Å². The lowest BCUT2D eigenvalue weighted by atomic mass is 9.93. The van der Waals surface area contributed by atoms with E-state index in [4.69, 9.17) is 0 Å². The predicted octanol–water partition coefficient (Wildman–Crippen LogP) is 2.36. The number of piperidine rings is 1. The third-order valence-corrected chi connectivity index (χ3v) is 4.68. The minimum atomic E-state index is 0.0800. The number of amides is 1. The second-order valence-electron chi connectivity index (χ2n) is 6.53. The summed E-state index contributed by atoms with van der Waals surface area (Å²) in [5, 5.41) is 0. The maximum atomic E-state index is 12.6. The standard InChI is InChI=1S/C19H20N6O/c26-19(15-3-5-20-6-4-15)25-9-1-2-14(13-25)10-16-11-24-17(12-23-16)18-21-7-8-22-18/h3-8,11-12,14H,1-2,9-10,13H2,(H,21,22). The minimum absolute atomic E-state index is 0.0800. The smallest absolute Gasteiger partial charge is 0.253 e. The number of nitrogens with one attached hydrogen (secondary N) is 1. The Balaban J connectivity index is 1.40. The van der Waals surface area contributed by atoms with Crippen LogP contribution in [0.3, 0.4) is 0 Å². The topological polar surface area (TPSA) is 87.7 Å². The molecule has 1 atom stereocenters. The molecular formula is C19H20N6O. The summed E-state index contributed by atoms with van der Waals surface area (Å²) in [4.78, 5) is 34.7. The van der Waals surface area contributed by atoms with Gasteiger partial charge in [-0.3, -0.25) is 14.8 Å². The Morgan fingerprint density at radius 1 is 1.15 bits per heavy atom. The van der Waals surface area contributed by atoms with E-state index in [0.29, 0.717) is 11.5 Å². The first kappa shape index (κ1) is 16.4. The number of H-pyrrole nitrogens is 1. The summed E-state index contributed by atoms with van der Waals surface area (Å²) in [5.41, 5.74) is 2.38. The number of rotatable bonds is 4. The molecule has 4 rings (SSSR count). The molecular weight excluding hydrogens is 328 g/mol. The van der Waals surface area contributed by atoms with Crippen LogP contribution in [-0.2, 0) is 6.42 Å². The summed E-state index contributed by atoms with van der Waals surface area (Å²) in [5.74, 6) is 1.20. The van der Waals surface area contributed by atoms with Gasteiger partial charge in [0.05, 0.1) is 11.9 Å². The highest BCUT2D eigenvalue weighted by Crippen LogP contribution is 2.22. The molecule has 1 aliphatic heterocycles. The Hall–Kier alpha value is -3.09. The number of hydrogen-bond acceptors (Lipinski definition) is 5. The Morgan fingerprint density at radius 2 is 2.04 bits per heavy atom. The van der Waals surface area contributed by atoms with Crippen LogP contribution in [0.15, 0.2) is 49.3 Å². The van der Waals surface area contributed by atoms with Gasteiger partial charge in [0, 0.05) is 49.6 Å². The molecule has 1 aliphatic rings. The fraction of sp³-hybridized carbons (Fsp3) is 0.316. The number of carbonyl (C=O) groups is 1. The predicted molar refractivity (Wildman–Crippen MR) is 96.2 cm³/mol. The molecule has 4 heterocycles. The van der Waals surface area contributed by atoms with Crippen molar-refractivity contribution >= 4 is 5.91 Å². The van der Waals surface area contributed by atoms with E-state index in [1.165, 1.54) is 0 Å². The van der Waals surface area contributed by atoms with E-state index in [0.717, 1.165) is 49.6 Å². The van der Waals surface area contributed by atoms with Crippen molar-refractivity contribution < 1.29 is 4.79 Å². The molecule has 1 amide bonds. The van der Waals surface area contributed by atoms with Gasteiger partial charge in [0.2, 0.25) is 0 Å². The van der Waals surface area contributed by atoms with Crippen LogP contribution in [0.2, 0.25) is 0 Å². The summed E-state index contributed by atoms with van der Waals surface area (Å²) >= 11 is 0. The summed E-state index contributed by atoms with van der Waals surface area (Å²) in [7, 11) is 0. The molecule has 0 aromatic carbocycles. The molecule has 26 heavy (non-hydrogen) atoms. The minimum Gasteiger partial charge on any atom is -0.343 e. The molecule has 0 spiro atoms.